The van der Waals surface area contributed by atoms with Crippen LogP contribution in [0.2, 0.25) is 0 Å². The third kappa shape index (κ3) is 4.25. The highest BCUT2D eigenvalue weighted by molar-refractivity contribution is 8.03. The van der Waals surface area contributed by atoms with E-state index in [9.17, 15) is 15.0 Å². The zero-order valence-electron chi connectivity index (χ0n) is 15.0. The van der Waals surface area contributed by atoms with Gasteiger partial charge in [-0.2, -0.15) is 0 Å². The summed E-state index contributed by atoms with van der Waals surface area (Å²) < 4.78 is 5.56. The van der Waals surface area contributed by atoms with Gasteiger partial charge in [-0.05, 0) is 61.5 Å². The molecule has 0 atom stereocenters. The van der Waals surface area contributed by atoms with Crippen molar-refractivity contribution in [2.24, 2.45) is 0 Å². The van der Waals surface area contributed by atoms with Crippen molar-refractivity contribution in [3.8, 4) is 5.75 Å². The van der Waals surface area contributed by atoms with Gasteiger partial charge >= 0.3 is 5.97 Å². The Morgan fingerprint density at radius 2 is 2.00 bits per heavy atom. The van der Waals surface area contributed by atoms with Crippen molar-refractivity contribution in [1.29, 1.82) is 0 Å². The normalized spacial score (nSPS) is 11.7. The summed E-state index contributed by atoms with van der Waals surface area (Å²) in [5.74, 6) is -1.37. The van der Waals surface area contributed by atoms with E-state index in [0.717, 1.165) is 30.5 Å². The number of aromatic nitrogens is 1. The highest BCUT2D eigenvalue weighted by Crippen LogP contribution is 2.32. The molecule has 0 fully saturated rings. The summed E-state index contributed by atoms with van der Waals surface area (Å²) in [5, 5.41) is 22.1. The summed E-state index contributed by atoms with van der Waals surface area (Å²) in [4.78, 5) is 17.9. The van der Waals surface area contributed by atoms with E-state index in [1.807, 2.05) is 32.0 Å². The number of oxazole rings is 1. The first-order valence-electron chi connectivity index (χ1n) is 8.56. The number of thioether (sulfide) groups is 1. The number of nitrogens with zero attached hydrogens (tertiary/aromatic N) is 2. The Morgan fingerprint density at radius 3 is 2.63 bits per heavy atom. The van der Waals surface area contributed by atoms with Crippen molar-refractivity contribution in [3.63, 3.8) is 0 Å². The molecule has 0 bridgehead atoms. The van der Waals surface area contributed by atoms with Crippen LogP contribution >= 0.6 is 11.8 Å². The van der Waals surface area contributed by atoms with Gasteiger partial charge in [-0.3, -0.25) is 0 Å². The van der Waals surface area contributed by atoms with Gasteiger partial charge in [0.25, 0.3) is 5.22 Å². The lowest BCUT2D eigenvalue weighted by Gasteiger charge is -2.23. The van der Waals surface area contributed by atoms with E-state index in [1.54, 1.807) is 18.2 Å². The van der Waals surface area contributed by atoms with Crippen molar-refractivity contribution in [1.82, 2.24) is 4.98 Å². The molecule has 0 radical (unpaired) electrons. The fraction of sp³-hybridized carbons (Fsp3) is 0.200. The number of fused-ring (bicyclic) bond motifs is 1. The first-order chi connectivity index (χ1) is 13.0. The van der Waals surface area contributed by atoms with Crippen LogP contribution in [0.1, 0.15) is 19.4 Å². The van der Waals surface area contributed by atoms with E-state index < -0.39 is 5.97 Å². The first kappa shape index (κ1) is 18.8. The van der Waals surface area contributed by atoms with Gasteiger partial charge in [0.05, 0.1) is 0 Å². The van der Waals surface area contributed by atoms with Crippen molar-refractivity contribution >= 4 is 40.6 Å². The van der Waals surface area contributed by atoms with Gasteiger partial charge in [-0.15, -0.1) is 0 Å². The lowest BCUT2D eigenvalue weighted by atomic mass is 10.1. The average molecular weight is 383 g/mol. The molecule has 7 heteroatoms. The molecular weight excluding hydrogens is 364 g/mol. The molecule has 0 saturated heterocycles. The Hall–Kier alpha value is -2.93. The van der Waals surface area contributed by atoms with Gasteiger partial charge in [-0.1, -0.05) is 23.9 Å². The summed E-state index contributed by atoms with van der Waals surface area (Å²) in [6.45, 7) is 5.61. The number of rotatable bonds is 7. The van der Waals surface area contributed by atoms with Crippen LogP contribution in [-0.4, -0.2) is 29.1 Å². The fourth-order valence-electron chi connectivity index (χ4n) is 2.69. The third-order valence-corrected chi connectivity index (χ3v) is 4.96. The van der Waals surface area contributed by atoms with Crippen LogP contribution in [0.5, 0.6) is 5.75 Å². The van der Waals surface area contributed by atoms with Gasteiger partial charge in [0.1, 0.15) is 10.4 Å². The molecule has 0 spiro atoms. The minimum atomic E-state index is -1.14. The van der Waals surface area contributed by atoms with Crippen molar-refractivity contribution < 1.29 is 19.4 Å². The van der Waals surface area contributed by atoms with Crippen molar-refractivity contribution in [2.45, 2.75) is 19.1 Å². The summed E-state index contributed by atoms with van der Waals surface area (Å²) >= 11 is 0.880. The van der Waals surface area contributed by atoms with Crippen molar-refractivity contribution in [3.05, 3.63) is 52.9 Å². The van der Waals surface area contributed by atoms with E-state index in [-0.39, 0.29) is 15.9 Å². The highest BCUT2D eigenvalue weighted by Gasteiger charge is 2.15. The van der Waals surface area contributed by atoms with Gasteiger partial charge in [0, 0.05) is 18.8 Å². The van der Waals surface area contributed by atoms with E-state index in [0.29, 0.717) is 16.7 Å². The number of hydrogen-bond donors (Lipinski definition) is 1. The predicted molar refractivity (Wildman–Crippen MR) is 105 cm³/mol. The summed E-state index contributed by atoms with van der Waals surface area (Å²) in [7, 11) is 0. The van der Waals surface area contributed by atoms with Crippen LogP contribution in [0.15, 0.2) is 57.0 Å². The van der Waals surface area contributed by atoms with Crippen LogP contribution in [0.3, 0.4) is 0 Å². The lowest BCUT2D eigenvalue weighted by molar-refractivity contribution is -0.268. The number of anilines is 1. The largest absolute Gasteiger partial charge is 0.872 e. The molecular formula is C20H19N2O4S-. The molecule has 140 valence electrons. The first-order valence-corrected chi connectivity index (χ1v) is 9.38. The Morgan fingerprint density at radius 1 is 1.26 bits per heavy atom. The molecule has 1 aromatic heterocycles. The predicted octanol–water partition coefficient (Wildman–Crippen LogP) is 3.97. The minimum absolute atomic E-state index is 0.0331. The monoisotopic (exact) mass is 383 g/mol. The maximum Gasteiger partial charge on any atom is 0.342 e. The van der Waals surface area contributed by atoms with Gasteiger partial charge < -0.3 is 19.5 Å². The van der Waals surface area contributed by atoms with Gasteiger partial charge in [0.2, 0.25) is 0 Å². The molecule has 27 heavy (non-hydrogen) atoms. The van der Waals surface area contributed by atoms with Gasteiger partial charge in [0.15, 0.2) is 5.58 Å². The van der Waals surface area contributed by atoms with Crippen LogP contribution in [0, 0.1) is 0 Å². The summed E-state index contributed by atoms with van der Waals surface area (Å²) in [5.41, 5.74) is 2.37. The topological polar surface area (TPSA) is 89.6 Å². The van der Waals surface area contributed by atoms with E-state index >= 15 is 0 Å². The quantitative estimate of drug-likeness (QED) is 0.488. The van der Waals surface area contributed by atoms with Crippen LogP contribution in [-0.2, 0) is 4.79 Å². The van der Waals surface area contributed by atoms with Crippen LogP contribution in [0.4, 0.5) is 5.69 Å². The number of para-hydroxylation sites is 2. The molecule has 1 N–H and O–H groups in total. The molecule has 0 amide bonds. The zero-order chi connectivity index (χ0) is 19.4. The molecule has 1 heterocycles. The smallest absolute Gasteiger partial charge is 0.342 e. The second-order valence-electron chi connectivity index (χ2n) is 5.76. The molecule has 0 unspecified atom stereocenters. The number of carboxylic acid groups (broad SMARTS) is 1. The maximum absolute atomic E-state index is 12.4. The molecule has 0 aliphatic carbocycles. The fourth-order valence-corrected chi connectivity index (χ4v) is 3.43. The van der Waals surface area contributed by atoms with Crippen molar-refractivity contribution in [2.75, 3.05) is 18.0 Å². The number of aliphatic carboxylic acids is 1. The van der Waals surface area contributed by atoms with Gasteiger partial charge in [-0.25, -0.2) is 9.78 Å². The lowest BCUT2D eigenvalue weighted by Crippen LogP contribution is -2.21. The second-order valence-corrected chi connectivity index (χ2v) is 6.75. The molecule has 0 aliphatic heterocycles. The molecule has 0 saturated carbocycles. The van der Waals surface area contributed by atoms with E-state index in [1.165, 1.54) is 12.1 Å². The zero-order valence-corrected chi connectivity index (χ0v) is 15.8. The summed E-state index contributed by atoms with van der Waals surface area (Å²) in [6.07, 6.45) is 1.36. The SMILES string of the molecule is CCN(CC)c1ccc(/C=C(\Sc2nc3ccccc3o2)C(=O)O)c([O-])c1. The number of carboxylic acids is 1. The van der Waals surface area contributed by atoms with Crippen LogP contribution in [0.25, 0.3) is 17.2 Å². The number of carbonyl (C=O) groups is 1. The molecule has 3 rings (SSSR count). The minimum Gasteiger partial charge on any atom is -0.872 e. The Balaban J connectivity index is 1.90. The maximum atomic E-state index is 12.4. The summed E-state index contributed by atoms with van der Waals surface area (Å²) in [6, 6.07) is 12.2. The van der Waals surface area contributed by atoms with Crippen LogP contribution < -0.4 is 10.0 Å². The third-order valence-electron chi connectivity index (χ3n) is 4.09. The Kier molecular flexibility index (Phi) is 5.71. The Bertz CT molecular complexity index is 960. The van der Waals surface area contributed by atoms with E-state index in [4.69, 9.17) is 4.42 Å². The molecule has 3 aromatic rings. The number of benzene rings is 2. The van der Waals surface area contributed by atoms with E-state index in [2.05, 4.69) is 9.88 Å². The molecule has 2 aromatic carbocycles. The highest BCUT2D eigenvalue weighted by atomic mass is 32.2. The average Bonchev–Trinajstić information content (AvgIpc) is 3.06. The molecule has 6 nitrogen and oxygen atoms in total. The standard InChI is InChI=1S/C20H20N2O4S/c1-3-22(4-2)14-10-9-13(16(23)12-14)11-18(19(24)25)27-20-21-15-7-5-6-8-17(15)26-20/h5-12,23H,3-4H2,1-2H3,(H,24,25)/p-1/b18-11-. The number of hydrogen-bond acceptors (Lipinski definition) is 6. The molecule has 0 aliphatic rings. The second kappa shape index (κ2) is 8.18. The Labute approximate surface area is 161 Å².